The monoisotopic (exact) mass is 227 g/mol. The lowest BCUT2D eigenvalue weighted by atomic mass is 9.88. The van der Waals surface area contributed by atoms with Crippen LogP contribution >= 0.6 is 0 Å². The molecule has 5 heteroatoms. The summed E-state index contributed by atoms with van der Waals surface area (Å²) in [4.78, 5) is 24.5. The van der Waals surface area contributed by atoms with Gasteiger partial charge in [0, 0.05) is 7.05 Å². The molecule has 2 saturated heterocycles. The van der Waals surface area contributed by atoms with Crippen LogP contribution in [0.25, 0.3) is 0 Å². The van der Waals surface area contributed by atoms with Crippen LogP contribution in [-0.2, 0) is 19.1 Å². The number of ether oxygens (including phenoxy) is 2. The zero-order valence-corrected chi connectivity index (χ0v) is 9.64. The molecule has 0 spiro atoms. The fourth-order valence-electron chi connectivity index (χ4n) is 2.52. The van der Waals surface area contributed by atoms with Crippen molar-refractivity contribution in [3.05, 3.63) is 0 Å². The Morgan fingerprint density at radius 1 is 1.44 bits per heavy atom. The summed E-state index contributed by atoms with van der Waals surface area (Å²) in [6.07, 6.45) is 3.15. The van der Waals surface area contributed by atoms with Gasteiger partial charge in [-0.1, -0.05) is 0 Å². The highest BCUT2D eigenvalue weighted by Crippen LogP contribution is 2.39. The Bertz CT molecular complexity index is 304. The lowest BCUT2D eigenvalue weighted by molar-refractivity contribution is -0.148. The molecular weight excluding hydrogens is 210 g/mol. The summed E-state index contributed by atoms with van der Waals surface area (Å²) in [5.41, 5.74) is 0. The lowest BCUT2D eigenvalue weighted by Gasteiger charge is -2.23. The van der Waals surface area contributed by atoms with Gasteiger partial charge in [0.15, 0.2) is 0 Å². The van der Waals surface area contributed by atoms with E-state index in [2.05, 4.69) is 4.74 Å². The molecule has 0 aliphatic carbocycles. The minimum Gasteiger partial charge on any atom is -0.468 e. The predicted octanol–water partition coefficient (Wildman–Crippen LogP) is 0.185. The minimum atomic E-state index is -0.389. The van der Waals surface area contributed by atoms with Crippen molar-refractivity contribution in [2.45, 2.75) is 31.5 Å². The molecule has 0 aromatic rings. The highest BCUT2D eigenvalue weighted by atomic mass is 16.5. The van der Waals surface area contributed by atoms with E-state index >= 15 is 0 Å². The average molecular weight is 227 g/mol. The second kappa shape index (κ2) is 4.41. The van der Waals surface area contributed by atoms with Crippen molar-refractivity contribution in [2.24, 2.45) is 5.92 Å². The van der Waals surface area contributed by atoms with Gasteiger partial charge in [-0.2, -0.15) is 0 Å². The average Bonchev–Trinajstić information content (AvgIpc) is 2.89. The van der Waals surface area contributed by atoms with E-state index in [-0.39, 0.29) is 36.5 Å². The summed E-state index contributed by atoms with van der Waals surface area (Å²) in [6.45, 7) is 0.0171. The maximum Gasteiger partial charge on any atom is 0.325 e. The van der Waals surface area contributed by atoms with E-state index in [0.717, 1.165) is 19.3 Å². The number of methoxy groups -OCH3 is 1. The largest absolute Gasteiger partial charge is 0.468 e. The Labute approximate surface area is 94.7 Å². The van der Waals surface area contributed by atoms with E-state index in [9.17, 15) is 9.59 Å². The summed E-state index contributed by atoms with van der Waals surface area (Å²) in [5, 5.41) is 0. The van der Waals surface area contributed by atoms with Gasteiger partial charge in [-0.15, -0.1) is 0 Å². The molecule has 0 aromatic heterocycles. The third kappa shape index (κ3) is 2.04. The zero-order valence-electron chi connectivity index (χ0n) is 9.64. The summed E-state index contributed by atoms with van der Waals surface area (Å²) < 4.78 is 10.2. The van der Waals surface area contributed by atoms with Crippen molar-refractivity contribution >= 4 is 11.9 Å². The Balaban J connectivity index is 1.90. The normalized spacial score (nSPS) is 31.5. The van der Waals surface area contributed by atoms with Crippen LogP contribution in [0.15, 0.2) is 0 Å². The summed E-state index contributed by atoms with van der Waals surface area (Å²) in [5.74, 6) is -0.453. The molecule has 2 fully saturated rings. The lowest BCUT2D eigenvalue weighted by Crippen LogP contribution is -2.40. The maximum absolute atomic E-state index is 12.0. The quantitative estimate of drug-likeness (QED) is 0.646. The van der Waals surface area contributed by atoms with Crippen molar-refractivity contribution in [1.82, 2.24) is 4.90 Å². The van der Waals surface area contributed by atoms with Crippen molar-refractivity contribution in [1.29, 1.82) is 0 Å². The highest BCUT2D eigenvalue weighted by molar-refractivity contribution is 5.84. The number of carbonyl (C=O) groups excluding carboxylic acids is 2. The first kappa shape index (κ1) is 11.4. The van der Waals surface area contributed by atoms with Gasteiger partial charge < -0.3 is 14.4 Å². The maximum atomic E-state index is 12.0. The first-order chi connectivity index (χ1) is 7.61. The van der Waals surface area contributed by atoms with E-state index in [1.165, 1.54) is 12.0 Å². The Morgan fingerprint density at radius 3 is 2.69 bits per heavy atom. The molecule has 3 unspecified atom stereocenters. The summed E-state index contributed by atoms with van der Waals surface area (Å²) >= 11 is 0. The van der Waals surface area contributed by atoms with Gasteiger partial charge >= 0.3 is 5.97 Å². The highest BCUT2D eigenvalue weighted by Gasteiger charge is 2.45. The molecule has 0 saturated carbocycles. The third-order valence-electron chi connectivity index (χ3n) is 3.39. The van der Waals surface area contributed by atoms with Crippen molar-refractivity contribution in [3.63, 3.8) is 0 Å². The number of fused-ring (bicyclic) bond motifs is 2. The van der Waals surface area contributed by atoms with Crippen LogP contribution in [-0.4, -0.2) is 49.7 Å². The van der Waals surface area contributed by atoms with Gasteiger partial charge in [0.25, 0.3) is 0 Å². The molecule has 2 rings (SSSR count). The molecule has 2 heterocycles. The molecule has 5 nitrogen and oxygen atoms in total. The molecule has 0 N–H and O–H groups in total. The first-order valence-electron chi connectivity index (χ1n) is 5.59. The predicted molar refractivity (Wildman–Crippen MR) is 55.7 cm³/mol. The number of carbonyl (C=O) groups is 2. The van der Waals surface area contributed by atoms with Gasteiger partial charge in [0.2, 0.25) is 5.91 Å². The van der Waals surface area contributed by atoms with Crippen molar-refractivity contribution < 1.29 is 19.1 Å². The van der Waals surface area contributed by atoms with Crippen LogP contribution in [0.4, 0.5) is 0 Å². The molecule has 0 aromatic carbocycles. The third-order valence-corrected chi connectivity index (χ3v) is 3.39. The zero-order chi connectivity index (χ0) is 11.7. The number of esters is 1. The van der Waals surface area contributed by atoms with Crippen LogP contribution in [0.5, 0.6) is 0 Å². The number of hydrogen-bond acceptors (Lipinski definition) is 4. The fraction of sp³-hybridized carbons (Fsp3) is 0.818. The second-order valence-electron chi connectivity index (χ2n) is 4.49. The molecule has 90 valence electrons. The van der Waals surface area contributed by atoms with E-state index in [1.807, 2.05) is 0 Å². The summed E-state index contributed by atoms with van der Waals surface area (Å²) in [7, 11) is 2.95. The molecule has 2 bridgehead atoms. The minimum absolute atomic E-state index is 0.00222. The SMILES string of the molecule is COC(=O)CN(C)C(=O)C1CC2CCC1O2. The molecule has 2 aliphatic rings. The molecule has 3 atom stereocenters. The molecular formula is C11H17NO4. The van der Waals surface area contributed by atoms with Gasteiger partial charge in [0.1, 0.15) is 6.54 Å². The van der Waals surface area contributed by atoms with Crippen LogP contribution < -0.4 is 0 Å². The van der Waals surface area contributed by atoms with Crippen molar-refractivity contribution in [2.75, 3.05) is 20.7 Å². The molecule has 1 amide bonds. The van der Waals surface area contributed by atoms with Gasteiger partial charge in [-0.05, 0) is 19.3 Å². The number of rotatable bonds is 3. The van der Waals surface area contributed by atoms with Crippen LogP contribution in [0, 0.1) is 5.92 Å². The van der Waals surface area contributed by atoms with E-state index in [4.69, 9.17) is 4.74 Å². The van der Waals surface area contributed by atoms with E-state index < -0.39 is 0 Å². The van der Waals surface area contributed by atoms with Crippen LogP contribution in [0.3, 0.4) is 0 Å². The first-order valence-corrected chi connectivity index (χ1v) is 5.59. The van der Waals surface area contributed by atoms with Crippen LogP contribution in [0.2, 0.25) is 0 Å². The molecule has 2 aliphatic heterocycles. The van der Waals surface area contributed by atoms with Gasteiger partial charge in [0.05, 0.1) is 25.2 Å². The number of hydrogen-bond donors (Lipinski definition) is 0. The number of likely N-dealkylation sites (N-methyl/N-ethyl adjacent to an activating group) is 1. The smallest absolute Gasteiger partial charge is 0.325 e. The fourth-order valence-corrected chi connectivity index (χ4v) is 2.52. The van der Waals surface area contributed by atoms with Gasteiger partial charge in [-0.3, -0.25) is 9.59 Å². The summed E-state index contributed by atoms with van der Waals surface area (Å²) in [6, 6.07) is 0. The van der Waals surface area contributed by atoms with E-state index in [1.54, 1.807) is 7.05 Å². The Kier molecular flexibility index (Phi) is 3.14. The number of nitrogens with zero attached hydrogens (tertiary/aromatic N) is 1. The number of amides is 1. The molecule has 16 heavy (non-hydrogen) atoms. The standard InChI is InChI=1S/C11H17NO4/c1-12(6-10(13)15-2)11(14)8-5-7-3-4-9(8)16-7/h7-9H,3-6H2,1-2H3. The van der Waals surface area contributed by atoms with E-state index in [0.29, 0.717) is 0 Å². The Hall–Kier alpha value is -1.10. The molecule has 0 radical (unpaired) electrons. The van der Waals surface area contributed by atoms with Gasteiger partial charge in [-0.25, -0.2) is 0 Å². The Morgan fingerprint density at radius 2 is 2.19 bits per heavy atom. The topological polar surface area (TPSA) is 55.8 Å². The van der Waals surface area contributed by atoms with Crippen molar-refractivity contribution in [3.8, 4) is 0 Å². The second-order valence-corrected chi connectivity index (χ2v) is 4.49. The van der Waals surface area contributed by atoms with Crippen LogP contribution in [0.1, 0.15) is 19.3 Å².